The van der Waals surface area contributed by atoms with Crippen molar-refractivity contribution in [1.82, 2.24) is 5.32 Å². The second kappa shape index (κ2) is 7.64. The highest BCUT2D eigenvalue weighted by molar-refractivity contribution is 7.99. The van der Waals surface area contributed by atoms with Crippen molar-refractivity contribution in [3.63, 3.8) is 0 Å². The SMILES string of the molecule is COC(=O)C1(c2cccc(Sc3ccccc3)c2)NC(=O)c2ccc(OC)cc21. The fraction of sp³-hybridized carbons (Fsp3) is 0.130. The van der Waals surface area contributed by atoms with Crippen LogP contribution >= 0.6 is 11.8 Å². The van der Waals surface area contributed by atoms with Crippen molar-refractivity contribution in [3.05, 3.63) is 89.5 Å². The van der Waals surface area contributed by atoms with E-state index in [0.717, 1.165) is 9.79 Å². The van der Waals surface area contributed by atoms with Gasteiger partial charge in [-0.15, -0.1) is 0 Å². The van der Waals surface area contributed by atoms with Gasteiger partial charge in [-0.2, -0.15) is 0 Å². The third-order valence-corrected chi connectivity index (χ3v) is 5.91. The Hall–Kier alpha value is -3.25. The van der Waals surface area contributed by atoms with Crippen LogP contribution in [0.3, 0.4) is 0 Å². The molecule has 3 aromatic carbocycles. The molecular formula is C23H19NO4S. The molecule has 1 aliphatic rings. The molecular weight excluding hydrogens is 386 g/mol. The van der Waals surface area contributed by atoms with Crippen LogP contribution in [-0.4, -0.2) is 26.1 Å². The third-order valence-electron chi connectivity index (χ3n) is 4.91. The molecule has 0 fully saturated rings. The van der Waals surface area contributed by atoms with Crippen molar-refractivity contribution in [2.45, 2.75) is 15.3 Å². The highest BCUT2D eigenvalue weighted by Crippen LogP contribution is 2.41. The van der Waals surface area contributed by atoms with Gasteiger partial charge in [0.15, 0.2) is 5.54 Å². The number of rotatable bonds is 5. The second-order valence-electron chi connectivity index (χ2n) is 6.55. The minimum Gasteiger partial charge on any atom is -0.497 e. The molecule has 0 bridgehead atoms. The lowest BCUT2D eigenvalue weighted by Crippen LogP contribution is -2.48. The van der Waals surface area contributed by atoms with Gasteiger partial charge >= 0.3 is 5.97 Å². The van der Waals surface area contributed by atoms with Crippen molar-refractivity contribution in [3.8, 4) is 5.75 Å². The normalized spacial score (nSPS) is 17.4. The molecule has 0 saturated carbocycles. The van der Waals surface area contributed by atoms with Gasteiger partial charge < -0.3 is 14.8 Å². The number of hydrogen-bond donors (Lipinski definition) is 1. The second-order valence-corrected chi connectivity index (χ2v) is 7.70. The molecule has 29 heavy (non-hydrogen) atoms. The number of hydrogen-bond acceptors (Lipinski definition) is 5. The third kappa shape index (κ3) is 3.25. The van der Waals surface area contributed by atoms with Crippen LogP contribution in [0.25, 0.3) is 0 Å². The maximum absolute atomic E-state index is 13.0. The molecule has 0 saturated heterocycles. The van der Waals surface area contributed by atoms with Gasteiger partial charge in [0, 0.05) is 20.9 Å². The number of esters is 1. The molecule has 1 N–H and O–H groups in total. The smallest absolute Gasteiger partial charge is 0.341 e. The molecule has 5 nitrogen and oxygen atoms in total. The van der Waals surface area contributed by atoms with Crippen LogP contribution in [0.1, 0.15) is 21.5 Å². The summed E-state index contributed by atoms with van der Waals surface area (Å²) in [5.74, 6) is -0.322. The summed E-state index contributed by atoms with van der Waals surface area (Å²) in [6, 6.07) is 22.6. The first-order valence-electron chi connectivity index (χ1n) is 9.01. The molecule has 3 aromatic rings. The van der Waals surface area contributed by atoms with E-state index in [2.05, 4.69) is 5.32 Å². The lowest BCUT2D eigenvalue weighted by Gasteiger charge is -2.28. The van der Waals surface area contributed by atoms with Crippen molar-refractivity contribution in [1.29, 1.82) is 0 Å². The van der Waals surface area contributed by atoms with Crippen LogP contribution < -0.4 is 10.1 Å². The first-order valence-corrected chi connectivity index (χ1v) is 9.83. The fourth-order valence-corrected chi connectivity index (χ4v) is 4.44. The monoisotopic (exact) mass is 405 g/mol. The standard InChI is InChI=1S/C23H19NO4S/c1-27-16-11-12-19-20(14-16)23(22(26)28-2,24-21(19)25)15-7-6-10-18(13-15)29-17-8-4-3-5-9-17/h3-14H,1-2H3,(H,24,25). The minimum atomic E-state index is -1.43. The van der Waals surface area contributed by atoms with E-state index in [1.807, 2.05) is 54.6 Å². The van der Waals surface area contributed by atoms with Crippen molar-refractivity contribution in [2.75, 3.05) is 14.2 Å². The number of ether oxygens (including phenoxy) is 2. The Bertz CT molecular complexity index is 1080. The summed E-state index contributed by atoms with van der Waals surface area (Å²) in [4.78, 5) is 27.7. The first-order chi connectivity index (χ1) is 14.1. The number of fused-ring (bicyclic) bond motifs is 1. The summed E-state index contributed by atoms with van der Waals surface area (Å²) >= 11 is 1.58. The predicted octanol–water partition coefficient (Wildman–Crippen LogP) is 4.01. The van der Waals surface area contributed by atoms with Crippen LogP contribution in [0, 0.1) is 0 Å². The van der Waals surface area contributed by atoms with Gasteiger partial charge in [0.2, 0.25) is 0 Å². The lowest BCUT2D eigenvalue weighted by molar-refractivity contribution is -0.146. The van der Waals surface area contributed by atoms with Crippen LogP contribution in [0.4, 0.5) is 0 Å². The fourth-order valence-electron chi connectivity index (χ4n) is 3.54. The van der Waals surface area contributed by atoms with E-state index >= 15 is 0 Å². The van der Waals surface area contributed by atoms with E-state index in [1.165, 1.54) is 7.11 Å². The number of benzene rings is 3. The summed E-state index contributed by atoms with van der Waals surface area (Å²) in [5.41, 5.74) is 0.154. The Kier molecular flexibility index (Phi) is 5.03. The maximum atomic E-state index is 13.0. The summed E-state index contributed by atoms with van der Waals surface area (Å²) in [6.45, 7) is 0. The van der Waals surface area contributed by atoms with Crippen LogP contribution in [-0.2, 0) is 15.1 Å². The topological polar surface area (TPSA) is 64.6 Å². The highest BCUT2D eigenvalue weighted by atomic mass is 32.2. The number of amides is 1. The molecule has 146 valence electrons. The Balaban J connectivity index is 1.85. The van der Waals surface area contributed by atoms with Gasteiger partial charge in [-0.3, -0.25) is 4.79 Å². The van der Waals surface area contributed by atoms with Crippen LogP contribution in [0.15, 0.2) is 82.6 Å². The minimum absolute atomic E-state index is 0.325. The molecule has 1 amide bonds. The van der Waals surface area contributed by atoms with Crippen molar-refractivity contribution >= 4 is 23.6 Å². The van der Waals surface area contributed by atoms with Crippen molar-refractivity contribution < 1.29 is 19.1 Å². The zero-order valence-corrected chi connectivity index (χ0v) is 16.8. The van der Waals surface area contributed by atoms with Crippen molar-refractivity contribution in [2.24, 2.45) is 0 Å². The molecule has 0 radical (unpaired) electrons. The Labute approximate surface area is 173 Å². The van der Waals surface area contributed by atoms with Gasteiger partial charge in [0.1, 0.15) is 5.75 Å². The summed E-state index contributed by atoms with van der Waals surface area (Å²) in [6.07, 6.45) is 0. The number of nitrogens with one attached hydrogen (secondary N) is 1. The van der Waals surface area contributed by atoms with E-state index in [0.29, 0.717) is 22.4 Å². The molecule has 0 spiro atoms. The van der Waals surface area contributed by atoms with E-state index in [-0.39, 0.29) is 5.91 Å². The largest absolute Gasteiger partial charge is 0.497 e. The van der Waals surface area contributed by atoms with Gasteiger partial charge in [-0.1, -0.05) is 42.1 Å². The van der Waals surface area contributed by atoms with Gasteiger partial charge in [0.05, 0.1) is 14.2 Å². The molecule has 0 aromatic heterocycles. The zero-order chi connectivity index (χ0) is 20.4. The molecule has 1 heterocycles. The molecule has 1 aliphatic heterocycles. The van der Waals surface area contributed by atoms with E-state index in [4.69, 9.17) is 9.47 Å². The molecule has 0 aliphatic carbocycles. The number of carbonyl (C=O) groups excluding carboxylic acids is 2. The lowest BCUT2D eigenvalue weighted by atomic mass is 9.83. The maximum Gasteiger partial charge on any atom is 0.341 e. The first kappa shape index (κ1) is 19.1. The average molecular weight is 405 g/mol. The van der Waals surface area contributed by atoms with Crippen LogP contribution in [0.5, 0.6) is 5.75 Å². The summed E-state index contributed by atoms with van der Waals surface area (Å²) < 4.78 is 10.5. The van der Waals surface area contributed by atoms with E-state index in [1.54, 1.807) is 37.1 Å². The van der Waals surface area contributed by atoms with E-state index in [9.17, 15) is 9.59 Å². The zero-order valence-electron chi connectivity index (χ0n) is 16.0. The van der Waals surface area contributed by atoms with Crippen LogP contribution in [0.2, 0.25) is 0 Å². The number of carbonyl (C=O) groups is 2. The Morgan fingerprint density at radius 2 is 1.69 bits per heavy atom. The van der Waals surface area contributed by atoms with Gasteiger partial charge in [0.25, 0.3) is 5.91 Å². The van der Waals surface area contributed by atoms with Gasteiger partial charge in [-0.05, 0) is 48.0 Å². The number of methoxy groups -OCH3 is 2. The van der Waals surface area contributed by atoms with Gasteiger partial charge in [-0.25, -0.2) is 4.79 Å². The quantitative estimate of drug-likeness (QED) is 0.650. The molecule has 6 heteroatoms. The Morgan fingerprint density at radius 1 is 0.931 bits per heavy atom. The highest BCUT2D eigenvalue weighted by Gasteiger charge is 2.51. The Morgan fingerprint density at radius 3 is 2.41 bits per heavy atom. The summed E-state index contributed by atoms with van der Waals surface area (Å²) in [5, 5.41) is 2.86. The van der Waals surface area contributed by atoms with E-state index < -0.39 is 11.5 Å². The molecule has 1 atom stereocenters. The summed E-state index contributed by atoms with van der Waals surface area (Å²) in [7, 11) is 2.86. The average Bonchev–Trinajstić information content (AvgIpc) is 3.07. The molecule has 4 rings (SSSR count). The predicted molar refractivity (Wildman–Crippen MR) is 110 cm³/mol. The molecule has 1 unspecified atom stereocenters.